The molecule has 1 fully saturated rings. The molecule has 26 heavy (non-hydrogen) atoms. The van der Waals surface area contributed by atoms with Gasteiger partial charge < -0.3 is 10.1 Å². The fourth-order valence-corrected chi connectivity index (χ4v) is 2.99. The predicted octanol–water partition coefficient (Wildman–Crippen LogP) is 2.82. The first-order chi connectivity index (χ1) is 12.5. The minimum Gasteiger partial charge on any atom is -0.486 e. The third kappa shape index (κ3) is 5.41. The number of ketones is 2. The van der Waals surface area contributed by atoms with Crippen molar-refractivity contribution in [3.8, 4) is 11.8 Å². The summed E-state index contributed by atoms with van der Waals surface area (Å²) in [4.78, 5) is 36.0. The number of nitrogens with zero attached hydrogens (tertiary/aromatic N) is 1. The number of amides is 1. The number of carbonyl (C=O) groups excluding carboxylic acids is 3. The highest BCUT2D eigenvalue weighted by molar-refractivity contribution is 6.04. The average Bonchev–Trinajstić information content (AvgIpc) is 2.67. The van der Waals surface area contributed by atoms with Crippen molar-refractivity contribution in [1.29, 1.82) is 5.26 Å². The number of hydrogen-bond acceptors (Lipinski definition) is 5. The molecule has 0 bridgehead atoms. The summed E-state index contributed by atoms with van der Waals surface area (Å²) >= 11 is 0. The minimum atomic E-state index is -1.36. The van der Waals surface area contributed by atoms with Crippen LogP contribution in [-0.4, -0.2) is 30.1 Å². The van der Waals surface area contributed by atoms with E-state index in [1.807, 2.05) is 0 Å². The van der Waals surface area contributed by atoms with Crippen LogP contribution in [0.2, 0.25) is 0 Å². The lowest BCUT2D eigenvalue weighted by Crippen LogP contribution is -2.43. The van der Waals surface area contributed by atoms with Crippen LogP contribution in [0.25, 0.3) is 0 Å². The van der Waals surface area contributed by atoms with Crippen molar-refractivity contribution >= 4 is 17.5 Å². The fraction of sp³-hybridized carbons (Fsp3) is 0.500. The lowest BCUT2D eigenvalue weighted by molar-refractivity contribution is -0.133. The Labute approximate surface area is 153 Å². The van der Waals surface area contributed by atoms with Crippen molar-refractivity contribution in [3.63, 3.8) is 0 Å². The number of benzene rings is 1. The first-order valence-electron chi connectivity index (χ1n) is 9.04. The number of nitriles is 1. The number of ether oxygens (including phenoxy) is 1. The monoisotopic (exact) mass is 356 g/mol. The molecule has 6 nitrogen and oxygen atoms in total. The van der Waals surface area contributed by atoms with Crippen molar-refractivity contribution < 1.29 is 19.1 Å². The van der Waals surface area contributed by atoms with Gasteiger partial charge in [0.2, 0.25) is 5.91 Å². The summed E-state index contributed by atoms with van der Waals surface area (Å²) < 4.78 is 5.37. The van der Waals surface area contributed by atoms with Gasteiger partial charge in [-0.2, -0.15) is 5.26 Å². The van der Waals surface area contributed by atoms with E-state index >= 15 is 0 Å². The molecule has 0 heterocycles. The number of Topliss-reactive ketones (excluding diaryl/α,β-unsaturated/α-hetero) is 2. The van der Waals surface area contributed by atoms with E-state index in [4.69, 9.17) is 4.74 Å². The van der Waals surface area contributed by atoms with Crippen molar-refractivity contribution in [3.05, 3.63) is 29.8 Å². The lowest BCUT2D eigenvalue weighted by Gasteiger charge is -2.23. The molecule has 1 saturated carbocycles. The average molecular weight is 356 g/mol. The van der Waals surface area contributed by atoms with Gasteiger partial charge in [-0.15, -0.1) is 0 Å². The van der Waals surface area contributed by atoms with Crippen LogP contribution in [0.15, 0.2) is 24.3 Å². The van der Waals surface area contributed by atoms with Crippen LogP contribution in [-0.2, 0) is 9.59 Å². The maximum absolute atomic E-state index is 12.2. The van der Waals surface area contributed by atoms with Crippen LogP contribution in [0.1, 0.15) is 55.8 Å². The highest BCUT2D eigenvalue weighted by Crippen LogP contribution is 2.18. The third-order valence-electron chi connectivity index (χ3n) is 4.54. The summed E-state index contributed by atoms with van der Waals surface area (Å²) in [6.07, 6.45) is 5.45. The number of nitrogens with one attached hydrogen (secondary N) is 1. The second-order valence-corrected chi connectivity index (χ2v) is 6.46. The molecule has 0 aliphatic heterocycles. The normalized spacial score (nSPS) is 15.5. The zero-order valence-corrected chi connectivity index (χ0v) is 15.0. The first-order valence-corrected chi connectivity index (χ1v) is 9.04. The van der Waals surface area contributed by atoms with Gasteiger partial charge in [0.15, 0.2) is 17.5 Å². The van der Waals surface area contributed by atoms with E-state index in [9.17, 15) is 19.6 Å². The zero-order valence-electron chi connectivity index (χ0n) is 15.0. The second-order valence-electron chi connectivity index (χ2n) is 6.46. The van der Waals surface area contributed by atoms with Gasteiger partial charge in [0.1, 0.15) is 12.4 Å². The Hall–Kier alpha value is -2.68. The van der Waals surface area contributed by atoms with Crippen LogP contribution < -0.4 is 10.1 Å². The molecule has 2 rings (SSSR count). The van der Waals surface area contributed by atoms with Crippen LogP contribution in [0, 0.1) is 17.2 Å². The highest BCUT2D eigenvalue weighted by atomic mass is 16.5. The summed E-state index contributed by atoms with van der Waals surface area (Å²) in [7, 11) is 0. The summed E-state index contributed by atoms with van der Waals surface area (Å²) in [6.45, 7) is 1.42. The molecule has 138 valence electrons. The topological polar surface area (TPSA) is 96.3 Å². The van der Waals surface area contributed by atoms with Crippen molar-refractivity contribution in [2.45, 2.75) is 51.5 Å². The van der Waals surface area contributed by atoms with E-state index in [0.717, 1.165) is 32.1 Å². The molecule has 0 spiro atoms. The molecule has 1 aromatic rings. The van der Waals surface area contributed by atoms with Crippen molar-refractivity contribution in [2.75, 3.05) is 6.61 Å². The summed E-state index contributed by atoms with van der Waals surface area (Å²) in [5, 5.41) is 12.0. The molecule has 1 aliphatic carbocycles. The van der Waals surface area contributed by atoms with E-state index in [2.05, 4.69) is 5.32 Å². The standard InChI is InChI=1S/C20H24N2O4/c1-2-18(23)14-8-10-16(11-9-14)26-13-19(24)17(12-21)20(25)22-15-6-4-3-5-7-15/h8-11,15,17H,2-7,13H2,1H3,(H,22,25). The Morgan fingerprint density at radius 3 is 2.42 bits per heavy atom. The Balaban J connectivity index is 1.87. The van der Waals surface area contributed by atoms with Gasteiger partial charge in [0.25, 0.3) is 0 Å². The third-order valence-corrected chi connectivity index (χ3v) is 4.54. The lowest BCUT2D eigenvalue weighted by atomic mass is 9.94. The van der Waals surface area contributed by atoms with Gasteiger partial charge in [-0.3, -0.25) is 14.4 Å². The molecule has 6 heteroatoms. The van der Waals surface area contributed by atoms with Gasteiger partial charge in [-0.05, 0) is 37.1 Å². The second kappa shape index (κ2) is 9.71. The molecule has 0 aromatic heterocycles. The Morgan fingerprint density at radius 1 is 1.19 bits per heavy atom. The van der Waals surface area contributed by atoms with Crippen molar-refractivity contribution in [2.24, 2.45) is 5.92 Å². The minimum absolute atomic E-state index is 0.0246. The number of hydrogen-bond donors (Lipinski definition) is 1. The summed E-state index contributed by atoms with van der Waals surface area (Å²) in [5.74, 6) is -2.05. The van der Waals surface area contributed by atoms with Gasteiger partial charge in [-0.25, -0.2) is 0 Å². The maximum atomic E-state index is 12.2. The van der Waals surface area contributed by atoms with Gasteiger partial charge in [0, 0.05) is 18.0 Å². The van der Waals surface area contributed by atoms with Crippen LogP contribution >= 0.6 is 0 Å². The smallest absolute Gasteiger partial charge is 0.245 e. The zero-order chi connectivity index (χ0) is 18.9. The number of rotatable bonds is 8. The van der Waals surface area contributed by atoms with E-state index < -0.39 is 17.6 Å². The quantitative estimate of drug-likeness (QED) is 0.571. The van der Waals surface area contributed by atoms with Crippen LogP contribution in [0.4, 0.5) is 0 Å². The number of carbonyl (C=O) groups is 3. The molecular weight excluding hydrogens is 332 g/mol. The van der Waals surface area contributed by atoms with Gasteiger partial charge in [0.05, 0.1) is 6.07 Å². The highest BCUT2D eigenvalue weighted by Gasteiger charge is 2.28. The largest absolute Gasteiger partial charge is 0.486 e. The van der Waals surface area contributed by atoms with E-state index in [-0.39, 0.29) is 18.4 Å². The van der Waals surface area contributed by atoms with Gasteiger partial charge >= 0.3 is 0 Å². The molecule has 0 saturated heterocycles. The van der Waals surface area contributed by atoms with Crippen molar-refractivity contribution in [1.82, 2.24) is 5.32 Å². The van der Waals surface area contributed by atoms with E-state index in [0.29, 0.717) is 17.7 Å². The molecule has 1 aliphatic rings. The molecule has 1 atom stereocenters. The van der Waals surface area contributed by atoms with E-state index in [1.165, 1.54) is 0 Å². The van der Waals surface area contributed by atoms with Crippen LogP contribution in [0.3, 0.4) is 0 Å². The molecule has 1 aromatic carbocycles. The molecule has 1 amide bonds. The van der Waals surface area contributed by atoms with Gasteiger partial charge in [-0.1, -0.05) is 26.2 Å². The van der Waals surface area contributed by atoms with Crippen LogP contribution in [0.5, 0.6) is 5.75 Å². The molecule has 1 unspecified atom stereocenters. The SMILES string of the molecule is CCC(=O)c1ccc(OCC(=O)C(C#N)C(=O)NC2CCCCC2)cc1. The summed E-state index contributed by atoms with van der Waals surface area (Å²) in [6, 6.07) is 8.27. The molecule has 0 radical (unpaired) electrons. The fourth-order valence-electron chi connectivity index (χ4n) is 2.99. The summed E-state index contributed by atoms with van der Waals surface area (Å²) in [5.41, 5.74) is 0.577. The molecular formula is C20H24N2O4. The maximum Gasteiger partial charge on any atom is 0.245 e. The van der Waals surface area contributed by atoms with E-state index in [1.54, 1.807) is 37.3 Å². The predicted molar refractivity (Wildman–Crippen MR) is 95.7 cm³/mol. The first kappa shape index (κ1) is 19.6. The molecule has 1 N–H and O–H groups in total. The Morgan fingerprint density at radius 2 is 1.85 bits per heavy atom. The Kier molecular flexibility index (Phi) is 7.34. The Bertz CT molecular complexity index is 685.